The lowest BCUT2D eigenvalue weighted by molar-refractivity contribution is 0.0944. The van der Waals surface area contributed by atoms with E-state index in [0.717, 1.165) is 11.3 Å². The standard InChI is InChI=1S/C17H17ClN4O/c1-2-14-16(22-8-7-12(18)9-15(22)21-14)17(23)20-10-11-3-5-13(19)6-4-11/h3-9H,2,10,19H2,1H3,(H,20,23). The van der Waals surface area contributed by atoms with Crippen molar-refractivity contribution in [2.24, 2.45) is 0 Å². The van der Waals surface area contributed by atoms with Gasteiger partial charge in [0.1, 0.15) is 11.3 Å². The summed E-state index contributed by atoms with van der Waals surface area (Å²) in [4.78, 5) is 17.1. The molecule has 0 fully saturated rings. The molecule has 0 spiro atoms. The van der Waals surface area contributed by atoms with E-state index in [1.165, 1.54) is 0 Å². The van der Waals surface area contributed by atoms with Crippen LogP contribution in [-0.4, -0.2) is 15.3 Å². The van der Waals surface area contributed by atoms with E-state index >= 15 is 0 Å². The molecule has 0 radical (unpaired) electrons. The first-order chi connectivity index (χ1) is 11.1. The van der Waals surface area contributed by atoms with Crippen LogP contribution in [0.1, 0.15) is 28.7 Å². The molecule has 2 aromatic heterocycles. The summed E-state index contributed by atoms with van der Waals surface area (Å²) in [5.74, 6) is -0.159. The number of nitrogens with two attached hydrogens (primary N) is 1. The number of aryl methyl sites for hydroxylation is 1. The lowest BCUT2D eigenvalue weighted by atomic mass is 10.2. The number of aromatic nitrogens is 2. The second kappa shape index (κ2) is 6.30. The van der Waals surface area contributed by atoms with E-state index in [1.54, 1.807) is 22.7 Å². The zero-order valence-electron chi connectivity index (χ0n) is 12.7. The van der Waals surface area contributed by atoms with Crippen LogP contribution in [0.4, 0.5) is 5.69 Å². The van der Waals surface area contributed by atoms with Gasteiger partial charge in [0.05, 0.1) is 5.69 Å². The molecule has 0 aliphatic rings. The zero-order valence-corrected chi connectivity index (χ0v) is 13.5. The first kappa shape index (κ1) is 15.4. The number of anilines is 1. The van der Waals surface area contributed by atoms with Crippen LogP contribution in [0, 0.1) is 0 Å². The summed E-state index contributed by atoms with van der Waals surface area (Å²) < 4.78 is 1.77. The molecule has 3 rings (SSSR count). The highest BCUT2D eigenvalue weighted by atomic mass is 35.5. The van der Waals surface area contributed by atoms with E-state index in [9.17, 15) is 4.79 Å². The third-order valence-electron chi connectivity index (χ3n) is 3.64. The molecule has 0 aliphatic heterocycles. The van der Waals surface area contributed by atoms with Crippen molar-refractivity contribution in [3.63, 3.8) is 0 Å². The molecular weight excluding hydrogens is 312 g/mol. The van der Waals surface area contributed by atoms with Gasteiger partial charge in [-0.15, -0.1) is 0 Å². The number of benzene rings is 1. The summed E-state index contributed by atoms with van der Waals surface area (Å²) in [6.45, 7) is 2.41. The summed E-state index contributed by atoms with van der Waals surface area (Å²) in [5.41, 5.74) is 9.33. The molecule has 3 N–H and O–H groups in total. The van der Waals surface area contributed by atoms with Crippen molar-refractivity contribution in [1.82, 2.24) is 14.7 Å². The number of imidazole rings is 1. The average Bonchev–Trinajstić information content (AvgIpc) is 2.91. The van der Waals surface area contributed by atoms with Gasteiger partial charge in [-0.3, -0.25) is 9.20 Å². The van der Waals surface area contributed by atoms with E-state index in [-0.39, 0.29) is 5.91 Å². The van der Waals surface area contributed by atoms with E-state index in [1.807, 2.05) is 31.2 Å². The lowest BCUT2D eigenvalue weighted by Crippen LogP contribution is -2.25. The number of hydrogen-bond donors (Lipinski definition) is 2. The fraction of sp³-hybridized carbons (Fsp3) is 0.176. The van der Waals surface area contributed by atoms with Crippen molar-refractivity contribution in [3.05, 3.63) is 64.6 Å². The Kier molecular flexibility index (Phi) is 4.21. The Labute approximate surface area is 139 Å². The maximum Gasteiger partial charge on any atom is 0.270 e. The van der Waals surface area contributed by atoms with Crippen LogP contribution in [0.3, 0.4) is 0 Å². The predicted molar refractivity (Wildman–Crippen MR) is 91.6 cm³/mol. The number of pyridine rings is 1. The summed E-state index contributed by atoms with van der Waals surface area (Å²) in [6.07, 6.45) is 2.44. The fourth-order valence-corrected chi connectivity index (χ4v) is 2.61. The second-order valence-corrected chi connectivity index (χ2v) is 5.69. The van der Waals surface area contributed by atoms with Gasteiger partial charge in [0.2, 0.25) is 0 Å². The number of nitrogens with one attached hydrogen (secondary N) is 1. The van der Waals surface area contributed by atoms with Crippen LogP contribution in [0.15, 0.2) is 42.6 Å². The van der Waals surface area contributed by atoms with Gasteiger partial charge in [0.15, 0.2) is 0 Å². The Hall–Kier alpha value is -2.53. The van der Waals surface area contributed by atoms with Gasteiger partial charge in [-0.25, -0.2) is 4.98 Å². The average molecular weight is 329 g/mol. The van der Waals surface area contributed by atoms with E-state index < -0.39 is 0 Å². The summed E-state index contributed by atoms with van der Waals surface area (Å²) >= 11 is 5.99. The van der Waals surface area contributed by atoms with E-state index in [4.69, 9.17) is 17.3 Å². The van der Waals surface area contributed by atoms with Crippen LogP contribution in [0.5, 0.6) is 0 Å². The lowest BCUT2D eigenvalue weighted by Gasteiger charge is -2.07. The third kappa shape index (κ3) is 3.14. The minimum absolute atomic E-state index is 0.159. The van der Waals surface area contributed by atoms with Crippen molar-refractivity contribution in [2.75, 3.05) is 5.73 Å². The normalized spacial score (nSPS) is 10.9. The van der Waals surface area contributed by atoms with Gasteiger partial charge in [-0.2, -0.15) is 0 Å². The topological polar surface area (TPSA) is 72.4 Å². The molecule has 0 saturated heterocycles. The number of rotatable bonds is 4. The number of fused-ring (bicyclic) bond motifs is 1. The highest BCUT2D eigenvalue weighted by molar-refractivity contribution is 6.30. The van der Waals surface area contributed by atoms with Crippen molar-refractivity contribution in [1.29, 1.82) is 0 Å². The number of amides is 1. The first-order valence-electron chi connectivity index (χ1n) is 7.37. The number of nitrogens with zero attached hydrogens (tertiary/aromatic N) is 2. The zero-order chi connectivity index (χ0) is 16.4. The minimum atomic E-state index is -0.159. The van der Waals surface area contributed by atoms with Gasteiger partial charge in [0, 0.05) is 29.5 Å². The van der Waals surface area contributed by atoms with Gasteiger partial charge in [-0.1, -0.05) is 30.7 Å². The molecule has 2 heterocycles. The molecule has 0 bridgehead atoms. The minimum Gasteiger partial charge on any atom is -0.399 e. The third-order valence-corrected chi connectivity index (χ3v) is 3.88. The van der Waals surface area contributed by atoms with Crippen molar-refractivity contribution in [3.8, 4) is 0 Å². The van der Waals surface area contributed by atoms with Crippen LogP contribution < -0.4 is 11.1 Å². The monoisotopic (exact) mass is 328 g/mol. The quantitative estimate of drug-likeness (QED) is 0.723. The van der Waals surface area contributed by atoms with Crippen LogP contribution in [0.25, 0.3) is 5.65 Å². The molecule has 3 aromatic rings. The van der Waals surface area contributed by atoms with E-state index in [2.05, 4.69) is 10.3 Å². The van der Waals surface area contributed by atoms with Gasteiger partial charge in [0.25, 0.3) is 5.91 Å². The second-order valence-electron chi connectivity index (χ2n) is 5.26. The smallest absolute Gasteiger partial charge is 0.270 e. The van der Waals surface area contributed by atoms with Crippen molar-refractivity contribution < 1.29 is 4.79 Å². The van der Waals surface area contributed by atoms with Gasteiger partial charge < -0.3 is 11.1 Å². The van der Waals surface area contributed by atoms with Crippen LogP contribution >= 0.6 is 11.6 Å². The first-order valence-corrected chi connectivity index (χ1v) is 7.75. The Bertz CT molecular complexity index is 855. The number of halogens is 1. The molecular formula is C17H17ClN4O. The number of hydrogen-bond acceptors (Lipinski definition) is 3. The maximum atomic E-state index is 12.6. The fourth-order valence-electron chi connectivity index (χ4n) is 2.46. The molecule has 23 heavy (non-hydrogen) atoms. The molecule has 0 saturated carbocycles. The van der Waals surface area contributed by atoms with Crippen LogP contribution in [-0.2, 0) is 13.0 Å². The van der Waals surface area contributed by atoms with Crippen molar-refractivity contribution >= 4 is 28.8 Å². The SMILES string of the molecule is CCc1nc2cc(Cl)ccn2c1C(=O)NCc1ccc(N)cc1. The summed E-state index contributed by atoms with van der Waals surface area (Å²) in [5, 5.41) is 3.53. The molecule has 0 atom stereocenters. The molecule has 6 heteroatoms. The number of nitrogen functional groups attached to an aromatic ring is 1. The summed E-state index contributed by atoms with van der Waals surface area (Å²) in [7, 11) is 0. The Morgan fingerprint density at radius 2 is 2.04 bits per heavy atom. The highest BCUT2D eigenvalue weighted by Crippen LogP contribution is 2.17. The van der Waals surface area contributed by atoms with Crippen molar-refractivity contribution in [2.45, 2.75) is 19.9 Å². The Morgan fingerprint density at radius 3 is 2.74 bits per heavy atom. The summed E-state index contributed by atoms with van der Waals surface area (Å²) in [6, 6.07) is 10.9. The molecule has 5 nitrogen and oxygen atoms in total. The Morgan fingerprint density at radius 1 is 1.30 bits per heavy atom. The van der Waals surface area contributed by atoms with Gasteiger partial charge >= 0.3 is 0 Å². The molecule has 118 valence electrons. The maximum absolute atomic E-state index is 12.6. The molecule has 1 amide bonds. The molecule has 0 unspecified atom stereocenters. The molecule has 0 aliphatic carbocycles. The molecule has 1 aromatic carbocycles. The van der Waals surface area contributed by atoms with Gasteiger partial charge in [-0.05, 0) is 30.2 Å². The largest absolute Gasteiger partial charge is 0.399 e. The number of carbonyl (C=O) groups is 1. The van der Waals surface area contributed by atoms with E-state index in [0.29, 0.717) is 35.0 Å². The highest BCUT2D eigenvalue weighted by Gasteiger charge is 2.18. The Balaban J connectivity index is 1.86. The number of carbonyl (C=O) groups excluding carboxylic acids is 1. The predicted octanol–water partition coefficient (Wildman–Crippen LogP) is 3.06. The van der Waals surface area contributed by atoms with Crippen LogP contribution in [0.2, 0.25) is 5.02 Å².